The molecule has 1 aliphatic heterocycles. The first kappa shape index (κ1) is 30.8. The zero-order valence-corrected chi connectivity index (χ0v) is 22.6. The van der Waals surface area contributed by atoms with Gasteiger partial charge in [0.2, 0.25) is 12.0 Å². The minimum absolute atomic E-state index is 0.0499. The lowest BCUT2D eigenvalue weighted by Crippen LogP contribution is -2.62. The number of methoxy groups -OCH3 is 1. The van der Waals surface area contributed by atoms with Crippen LogP contribution in [0.15, 0.2) is 48.8 Å². The average Bonchev–Trinajstić information content (AvgIpc) is 3.34. The van der Waals surface area contributed by atoms with Crippen LogP contribution in [-0.4, -0.2) is 55.5 Å². The Balaban J connectivity index is 1.81. The number of halogens is 7. The first-order valence-corrected chi connectivity index (χ1v) is 12.5. The lowest BCUT2D eigenvalue weighted by atomic mass is 9.97. The number of hydrogen-bond acceptors (Lipinski definition) is 6. The van der Waals surface area contributed by atoms with Gasteiger partial charge in [0, 0.05) is 25.8 Å². The predicted octanol–water partition coefficient (Wildman–Crippen LogP) is 6.09. The van der Waals surface area contributed by atoms with Crippen molar-refractivity contribution in [2.75, 3.05) is 39.3 Å². The molecule has 7 nitrogen and oxygen atoms in total. The van der Waals surface area contributed by atoms with Crippen molar-refractivity contribution in [3.63, 3.8) is 0 Å². The topological polar surface area (TPSA) is 62.9 Å². The first-order valence-electron chi connectivity index (χ1n) is 12.5. The molecule has 0 saturated carbocycles. The zero-order valence-electron chi connectivity index (χ0n) is 22.6. The average molecular weight is 591 g/mol. The Kier molecular flexibility index (Phi) is 8.69. The van der Waals surface area contributed by atoms with Crippen molar-refractivity contribution in [2.45, 2.75) is 43.9 Å². The van der Waals surface area contributed by atoms with Crippen LogP contribution in [0, 0.1) is 5.82 Å². The minimum Gasteiger partial charge on any atom is -0.350 e. The number of alkyl halides is 6. The van der Waals surface area contributed by atoms with Gasteiger partial charge in [-0.15, -0.1) is 0 Å². The molecule has 1 aromatic heterocycles. The molecule has 3 aromatic rings. The summed E-state index contributed by atoms with van der Waals surface area (Å²) in [6, 6.07) is 6.52. The highest BCUT2D eigenvalue weighted by molar-refractivity contribution is 5.50. The number of ether oxygens (including phenoxy) is 3. The highest BCUT2D eigenvalue weighted by Gasteiger charge is 2.53. The van der Waals surface area contributed by atoms with Gasteiger partial charge in [-0.1, -0.05) is 12.1 Å². The minimum atomic E-state index is -5.03. The van der Waals surface area contributed by atoms with E-state index in [9.17, 15) is 30.7 Å². The smallest absolute Gasteiger partial charge is 0.350 e. The monoisotopic (exact) mass is 590 g/mol. The summed E-state index contributed by atoms with van der Waals surface area (Å²) < 4.78 is 113. The number of nitrogens with one attached hydrogen (secondary N) is 1. The summed E-state index contributed by atoms with van der Waals surface area (Å²) in [6.07, 6.45) is -11.3. The number of benzene rings is 2. The van der Waals surface area contributed by atoms with Crippen molar-refractivity contribution in [3.05, 3.63) is 82.6 Å². The molecule has 0 amide bonds. The Morgan fingerprint density at radius 3 is 2.22 bits per heavy atom. The van der Waals surface area contributed by atoms with E-state index in [-0.39, 0.29) is 24.8 Å². The number of anilines is 1. The predicted molar refractivity (Wildman–Crippen MR) is 134 cm³/mol. The molecule has 1 aliphatic rings. The number of aromatic amines is 1. The molecule has 224 valence electrons. The van der Waals surface area contributed by atoms with Crippen molar-refractivity contribution in [1.82, 2.24) is 14.9 Å². The molecule has 1 N–H and O–H groups in total. The van der Waals surface area contributed by atoms with Crippen molar-refractivity contribution >= 4 is 5.82 Å². The Labute approximate surface area is 231 Å². The van der Waals surface area contributed by atoms with Gasteiger partial charge in [0.05, 0.1) is 35.9 Å². The highest BCUT2D eigenvalue weighted by Crippen LogP contribution is 2.44. The van der Waals surface area contributed by atoms with Crippen LogP contribution in [0.1, 0.15) is 41.0 Å². The first-order chi connectivity index (χ1) is 19.2. The van der Waals surface area contributed by atoms with Crippen LogP contribution in [-0.2, 0) is 38.8 Å². The summed E-state index contributed by atoms with van der Waals surface area (Å²) in [5.74, 6) is -0.0846. The fourth-order valence-corrected chi connectivity index (χ4v) is 4.81. The quantitative estimate of drug-likeness (QED) is 0.321. The summed E-state index contributed by atoms with van der Waals surface area (Å²) in [5.41, 5.74) is -3.91. The van der Waals surface area contributed by atoms with E-state index < -0.39 is 47.4 Å². The normalized spacial score (nSPS) is 21.0. The summed E-state index contributed by atoms with van der Waals surface area (Å²) >= 11 is 0. The van der Waals surface area contributed by atoms with E-state index in [1.807, 2.05) is 19.0 Å². The number of H-pyrrole nitrogens is 1. The van der Waals surface area contributed by atoms with Gasteiger partial charge in [-0.05, 0) is 56.9 Å². The van der Waals surface area contributed by atoms with Crippen LogP contribution in [0.5, 0.6) is 0 Å². The summed E-state index contributed by atoms with van der Waals surface area (Å²) in [5, 5.41) is 0. The number of aromatic nitrogens is 2. The van der Waals surface area contributed by atoms with Gasteiger partial charge >= 0.3 is 12.4 Å². The summed E-state index contributed by atoms with van der Waals surface area (Å²) in [7, 11) is 5.05. The zero-order chi connectivity index (χ0) is 30.2. The van der Waals surface area contributed by atoms with E-state index in [0.717, 1.165) is 0 Å². The van der Waals surface area contributed by atoms with Crippen LogP contribution in [0.2, 0.25) is 0 Å². The lowest BCUT2D eigenvalue weighted by Gasteiger charge is -2.51. The van der Waals surface area contributed by atoms with Crippen molar-refractivity contribution in [2.24, 2.45) is 0 Å². The van der Waals surface area contributed by atoms with Gasteiger partial charge in [0.15, 0.2) is 5.82 Å². The van der Waals surface area contributed by atoms with Crippen LogP contribution in [0.25, 0.3) is 0 Å². The molecule has 1 saturated heterocycles. The fraction of sp³-hybridized carbons (Fsp3) is 0.444. The van der Waals surface area contributed by atoms with Gasteiger partial charge in [-0.3, -0.25) is 0 Å². The van der Waals surface area contributed by atoms with Crippen molar-refractivity contribution in [1.29, 1.82) is 0 Å². The van der Waals surface area contributed by atoms with E-state index in [1.165, 1.54) is 44.6 Å². The number of nitrogens with zero attached hydrogens (tertiary/aromatic N) is 3. The molecule has 2 aromatic carbocycles. The van der Waals surface area contributed by atoms with Gasteiger partial charge in [-0.25, -0.2) is 9.37 Å². The van der Waals surface area contributed by atoms with Crippen molar-refractivity contribution in [3.8, 4) is 0 Å². The van der Waals surface area contributed by atoms with E-state index in [0.29, 0.717) is 35.8 Å². The van der Waals surface area contributed by atoms with Crippen LogP contribution in [0.3, 0.4) is 0 Å². The molecular formula is C27H29F7N4O3. The molecule has 14 heteroatoms. The molecule has 0 radical (unpaired) electrons. The maximum absolute atomic E-state index is 13.9. The molecular weight excluding hydrogens is 561 g/mol. The third-order valence-corrected chi connectivity index (χ3v) is 6.71. The number of imidazole rings is 1. The molecule has 3 atom stereocenters. The second-order valence-electron chi connectivity index (χ2n) is 9.82. The van der Waals surface area contributed by atoms with Gasteiger partial charge < -0.3 is 29.0 Å². The summed E-state index contributed by atoms with van der Waals surface area (Å²) in [6.45, 7) is 2.03. The second kappa shape index (κ2) is 11.6. The van der Waals surface area contributed by atoms with E-state index in [4.69, 9.17) is 14.2 Å². The van der Waals surface area contributed by atoms with E-state index >= 15 is 0 Å². The second-order valence-corrected chi connectivity index (χ2v) is 9.82. The Morgan fingerprint density at radius 1 is 1.07 bits per heavy atom. The number of rotatable bonds is 8. The number of morpholine rings is 1. The van der Waals surface area contributed by atoms with Gasteiger partial charge in [0.1, 0.15) is 5.82 Å². The fourth-order valence-electron chi connectivity index (χ4n) is 4.81. The highest BCUT2D eigenvalue weighted by atomic mass is 19.4. The molecule has 2 heterocycles. The molecule has 0 aliphatic carbocycles. The molecule has 0 unspecified atom stereocenters. The molecule has 1 fully saturated rings. The number of hydrogen-bond donors (Lipinski definition) is 1. The molecule has 0 spiro atoms. The van der Waals surface area contributed by atoms with Gasteiger partial charge in [0.25, 0.3) is 0 Å². The van der Waals surface area contributed by atoms with Crippen LogP contribution >= 0.6 is 0 Å². The Hall–Kier alpha value is -3.20. The SMILES string of the molecule is CO[C@@]1(c2ccc(F)cc2)[C@@H](O[C@H](C)c2cc(C(F)(F)F)cc(C(F)(F)F)c2)OCCN1c1nc[nH]c1CN(C)C. The third kappa shape index (κ3) is 6.35. The van der Waals surface area contributed by atoms with Crippen LogP contribution in [0.4, 0.5) is 36.6 Å². The Morgan fingerprint density at radius 2 is 1.68 bits per heavy atom. The van der Waals surface area contributed by atoms with E-state index in [2.05, 4.69) is 9.97 Å². The van der Waals surface area contributed by atoms with Gasteiger partial charge in [-0.2, -0.15) is 26.3 Å². The lowest BCUT2D eigenvalue weighted by molar-refractivity contribution is -0.283. The Bertz CT molecular complexity index is 1300. The molecule has 4 rings (SSSR count). The third-order valence-electron chi connectivity index (χ3n) is 6.71. The summed E-state index contributed by atoms with van der Waals surface area (Å²) in [4.78, 5) is 11.2. The largest absolute Gasteiger partial charge is 0.416 e. The maximum Gasteiger partial charge on any atom is 0.416 e. The molecule has 0 bridgehead atoms. The molecule has 41 heavy (non-hydrogen) atoms. The standard InChI is InChI=1S/C27H29F7N4O3/c1-16(17-11-19(26(29,30)31)13-20(12-17)27(32,33)34)41-24-25(39-4,18-5-7-21(28)8-6-18)38(9-10-40-24)23-22(14-37(2)3)35-15-36-23/h5-8,11-13,15-16,24H,9-10,14H2,1-4H3,(H,35,36)/t16-,24-,25+/m1/s1. The van der Waals surface area contributed by atoms with Crippen LogP contribution < -0.4 is 4.90 Å². The van der Waals surface area contributed by atoms with Crippen molar-refractivity contribution < 1.29 is 44.9 Å². The van der Waals surface area contributed by atoms with E-state index in [1.54, 1.807) is 4.90 Å². The maximum atomic E-state index is 13.9.